The molecule has 2 aliphatic rings. The summed E-state index contributed by atoms with van der Waals surface area (Å²) in [6.45, 7) is 8.25. The van der Waals surface area contributed by atoms with Gasteiger partial charge in [0.2, 0.25) is 0 Å². The molecule has 2 heterocycles. The fourth-order valence-corrected chi connectivity index (χ4v) is 2.68. The number of fused-ring (bicyclic) bond motifs is 1. The lowest BCUT2D eigenvalue weighted by Crippen LogP contribution is -2.40. The molecule has 0 amide bonds. The summed E-state index contributed by atoms with van der Waals surface area (Å²) in [6.07, 6.45) is 5.36. The lowest BCUT2D eigenvalue weighted by atomic mass is 9.89. The average Bonchev–Trinajstić information content (AvgIpc) is 2.39. The molecule has 0 radical (unpaired) electrons. The molecule has 0 bridgehead atoms. The van der Waals surface area contributed by atoms with Crippen LogP contribution in [0.5, 0.6) is 0 Å². The molecule has 14 heavy (non-hydrogen) atoms. The molecule has 2 aliphatic heterocycles. The van der Waals surface area contributed by atoms with Crippen LogP contribution in [0.15, 0.2) is 4.99 Å². The predicted molar refractivity (Wildman–Crippen MR) is 60.7 cm³/mol. The molecule has 0 spiro atoms. The van der Waals surface area contributed by atoms with Crippen LogP contribution in [0, 0.1) is 11.8 Å². The molecule has 0 N–H and O–H groups in total. The van der Waals surface area contributed by atoms with Crippen molar-refractivity contribution in [2.45, 2.75) is 39.5 Å². The van der Waals surface area contributed by atoms with Gasteiger partial charge in [-0.15, -0.1) is 0 Å². The Labute approximate surface area is 87.4 Å². The fraction of sp³-hybridized carbons (Fsp3) is 0.917. The van der Waals surface area contributed by atoms with Crippen molar-refractivity contribution in [1.82, 2.24) is 4.90 Å². The quantitative estimate of drug-likeness (QED) is 0.626. The van der Waals surface area contributed by atoms with Gasteiger partial charge in [-0.05, 0) is 25.2 Å². The van der Waals surface area contributed by atoms with Crippen LogP contribution in [0.4, 0.5) is 0 Å². The molecular weight excluding hydrogens is 172 g/mol. The Morgan fingerprint density at radius 3 is 2.79 bits per heavy atom. The van der Waals surface area contributed by atoms with E-state index in [1.807, 2.05) is 0 Å². The van der Waals surface area contributed by atoms with Crippen LogP contribution in [0.1, 0.15) is 39.5 Å². The van der Waals surface area contributed by atoms with Crippen LogP contribution in [-0.4, -0.2) is 30.4 Å². The molecule has 80 valence electrons. The van der Waals surface area contributed by atoms with Crippen LogP contribution in [0.25, 0.3) is 0 Å². The van der Waals surface area contributed by atoms with Gasteiger partial charge in [-0.25, -0.2) is 0 Å². The minimum absolute atomic E-state index is 0.734. The van der Waals surface area contributed by atoms with Crippen molar-refractivity contribution >= 4 is 5.84 Å². The summed E-state index contributed by atoms with van der Waals surface area (Å²) >= 11 is 0. The van der Waals surface area contributed by atoms with E-state index in [2.05, 4.69) is 18.7 Å². The van der Waals surface area contributed by atoms with Gasteiger partial charge in [0.05, 0.1) is 0 Å². The average molecular weight is 194 g/mol. The molecule has 2 rings (SSSR count). The van der Waals surface area contributed by atoms with E-state index in [0.29, 0.717) is 0 Å². The number of nitrogens with zero attached hydrogens (tertiary/aromatic N) is 2. The molecule has 0 saturated carbocycles. The topological polar surface area (TPSA) is 15.6 Å². The molecule has 2 heteroatoms. The minimum atomic E-state index is 0.734. The van der Waals surface area contributed by atoms with Gasteiger partial charge in [0.25, 0.3) is 0 Å². The van der Waals surface area contributed by atoms with Crippen LogP contribution >= 0.6 is 0 Å². The molecular formula is C12H22N2. The number of hydrogen-bond donors (Lipinski definition) is 0. The van der Waals surface area contributed by atoms with Crippen molar-refractivity contribution in [2.24, 2.45) is 16.8 Å². The van der Waals surface area contributed by atoms with Crippen molar-refractivity contribution < 1.29 is 0 Å². The van der Waals surface area contributed by atoms with Gasteiger partial charge >= 0.3 is 0 Å². The highest BCUT2D eigenvalue weighted by molar-refractivity contribution is 5.85. The van der Waals surface area contributed by atoms with Crippen molar-refractivity contribution in [2.75, 3.05) is 19.6 Å². The van der Waals surface area contributed by atoms with Crippen LogP contribution in [0.3, 0.4) is 0 Å². The standard InChI is InChI=1S/C12H22N2/c1-10(2)11-6-3-4-8-14-9-5-7-13-12(11)14/h10-11H,3-9H2,1-2H3. The molecule has 0 aromatic rings. The highest BCUT2D eigenvalue weighted by Gasteiger charge is 2.28. The molecule has 1 saturated heterocycles. The zero-order valence-corrected chi connectivity index (χ0v) is 9.50. The summed E-state index contributed by atoms with van der Waals surface area (Å²) in [6, 6.07) is 0. The van der Waals surface area contributed by atoms with E-state index in [9.17, 15) is 0 Å². The van der Waals surface area contributed by atoms with Gasteiger partial charge in [0.1, 0.15) is 5.84 Å². The van der Waals surface area contributed by atoms with E-state index in [4.69, 9.17) is 4.99 Å². The van der Waals surface area contributed by atoms with Gasteiger partial charge < -0.3 is 4.90 Å². The second kappa shape index (κ2) is 4.33. The van der Waals surface area contributed by atoms with Gasteiger partial charge in [0.15, 0.2) is 0 Å². The number of amidine groups is 1. The zero-order valence-electron chi connectivity index (χ0n) is 9.50. The molecule has 2 nitrogen and oxygen atoms in total. The van der Waals surface area contributed by atoms with Crippen LogP contribution < -0.4 is 0 Å². The Hall–Kier alpha value is -0.530. The predicted octanol–water partition coefficient (Wildman–Crippen LogP) is 2.55. The molecule has 0 aromatic heterocycles. The lowest BCUT2D eigenvalue weighted by molar-refractivity contribution is 0.366. The highest BCUT2D eigenvalue weighted by atomic mass is 15.2. The number of aliphatic imine (C=N–C) groups is 1. The summed E-state index contributed by atoms with van der Waals surface area (Å²) in [5.41, 5.74) is 0. The van der Waals surface area contributed by atoms with Crippen LogP contribution in [0.2, 0.25) is 0 Å². The maximum Gasteiger partial charge on any atom is 0.102 e. The van der Waals surface area contributed by atoms with E-state index in [-0.39, 0.29) is 0 Å². The van der Waals surface area contributed by atoms with E-state index in [1.54, 1.807) is 0 Å². The Morgan fingerprint density at radius 2 is 2.00 bits per heavy atom. The van der Waals surface area contributed by atoms with E-state index >= 15 is 0 Å². The maximum atomic E-state index is 4.76. The third kappa shape index (κ3) is 1.94. The van der Waals surface area contributed by atoms with Crippen molar-refractivity contribution in [3.8, 4) is 0 Å². The Bertz CT molecular complexity index is 220. The molecule has 1 atom stereocenters. The third-order valence-corrected chi connectivity index (χ3v) is 3.51. The largest absolute Gasteiger partial charge is 0.360 e. The first-order valence-corrected chi connectivity index (χ1v) is 6.08. The monoisotopic (exact) mass is 194 g/mol. The van der Waals surface area contributed by atoms with E-state index < -0.39 is 0 Å². The summed E-state index contributed by atoms with van der Waals surface area (Å²) in [7, 11) is 0. The highest BCUT2D eigenvalue weighted by Crippen LogP contribution is 2.27. The zero-order chi connectivity index (χ0) is 9.97. The first-order chi connectivity index (χ1) is 6.79. The second-order valence-corrected chi connectivity index (χ2v) is 4.93. The van der Waals surface area contributed by atoms with Gasteiger partial charge in [0, 0.05) is 25.6 Å². The second-order valence-electron chi connectivity index (χ2n) is 4.93. The third-order valence-electron chi connectivity index (χ3n) is 3.51. The van der Waals surface area contributed by atoms with Gasteiger partial charge in [-0.2, -0.15) is 0 Å². The van der Waals surface area contributed by atoms with Gasteiger partial charge in [-0.1, -0.05) is 20.3 Å². The Kier molecular flexibility index (Phi) is 3.09. The smallest absolute Gasteiger partial charge is 0.102 e. The first kappa shape index (κ1) is 10.0. The SMILES string of the molecule is CC(C)C1CCCCN2CCCN=C12. The van der Waals surface area contributed by atoms with Crippen molar-refractivity contribution in [3.63, 3.8) is 0 Å². The summed E-state index contributed by atoms with van der Waals surface area (Å²) in [4.78, 5) is 7.30. The summed E-state index contributed by atoms with van der Waals surface area (Å²) in [5, 5.41) is 0. The van der Waals surface area contributed by atoms with E-state index in [1.165, 1.54) is 44.6 Å². The first-order valence-electron chi connectivity index (χ1n) is 6.08. The molecule has 1 unspecified atom stereocenters. The van der Waals surface area contributed by atoms with Crippen molar-refractivity contribution in [1.29, 1.82) is 0 Å². The van der Waals surface area contributed by atoms with Crippen LogP contribution in [-0.2, 0) is 0 Å². The number of rotatable bonds is 1. The summed E-state index contributed by atoms with van der Waals surface area (Å²) < 4.78 is 0. The molecule has 0 aliphatic carbocycles. The molecule has 1 fully saturated rings. The lowest BCUT2D eigenvalue weighted by Gasteiger charge is -2.33. The Balaban J connectivity index is 2.18. The van der Waals surface area contributed by atoms with Gasteiger partial charge in [-0.3, -0.25) is 4.99 Å². The summed E-state index contributed by atoms with van der Waals surface area (Å²) in [5.74, 6) is 2.92. The maximum absolute atomic E-state index is 4.76. The number of hydrogen-bond acceptors (Lipinski definition) is 2. The fourth-order valence-electron chi connectivity index (χ4n) is 2.68. The molecule has 0 aromatic carbocycles. The Morgan fingerprint density at radius 1 is 1.21 bits per heavy atom. The normalized spacial score (nSPS) is 28.4. The van der Waals surface area contributed by atoms with E-state index in [0.717, 1.165) is 18.4 Å². The van der Waals surface area contributed by atoms with Crippen molar-refractivity contribution in [3.05, 3.63) is 0 Å². The minimum Gasteiger partial charge on any atom is -0.360 e.